The van der Waals surface area contributed by atoms with E-state index in [1.54, 1.807) is 7.11 Å². The van der Waals surface area contributed by atoms with Crippen LogP contribution in [0, 0.1) is 0 Å². The maximum Gasteiger partial charge on any atom is 0.166 e. The van der Waals surface area contributed by atoms with Crippen LogP contribution in [0.1, 0.15) is 24.6 Å². The van der Waals surface area contributed by atoms with Crippen LogP contribution in [0.3, 0.4) is 0 Å². The van der Waals surface area contributed by atoms with Crippen molar-refractivity contribution < 1.29 is 9.53 Å². The maximum absolute atomic E-state index is 11.8. The Labute approximate surface area is 99.2 Å². The Kier molecular flexibility index (Phi) is 5.29. The molecule has 0 saturated carbocycles. The lowest BCUT2D eigenvalue weighted by Crippen LogP contribution is -2.24. The van der Waals surface area contributed by atoms with Crippen molar-refractivity contribution >= 4 is 28.7 Å². The molecule has 0 aliphatic carbocycles. The monoisotopic (exact) mass is 246 g/mol. The van der Waals surface area contributed by atoms with Gasteiger partial charge in [-0.1, -0.05) is 24.9 Å². The first-order valence-corrected chi connectivity index (χ1v) is 6.16. The summed E-state index contributed by atoms with van der Waals surface area (Å²) in [6.45, 7) is 2.04. The fraction of sp³-hybridized carbons (Fsp3) is 0.545. The molecule has 0 aliphatic heterocycles. The van der Waals surface area contributed by atoms with Gasteiger partial charge in [-0.05, 0) is 18.6 Å². The van der Waals surface area contributed by atoms with E-state index in [0.29, 0.717) is 6.42 Å². The summed E-state index contributed by atoms with van der Waals surface area (Å²) in [7, 11) is 1.58. The number of ketones is 1. The van der Waals surface area contributed by atoms with E-state index in [2.05, 4.69) is 0 Å². The van der Waals surface area contributed by atoms with E-state index >= 15 is 0 Å². The molecule has 4 heteroatoms. The van der Waals surface area contributed by atoms with Crippen molar-refractivity contribution in [3.05, 3.63) is 21.3 Å². The second-order valence-electron chi connectivity index (χ2n) is 3.36. The zero-order valence-electron chi connectivity index (χ0n) is 8.96. The lowest BCUT2D eigenvalue weighted by atomic mass is 10.1. The normalized spacial score (nSPS) is 12.7. The molecule has 1 aromatic heterocycles. The van der Waals surface area contributed by atoms with Crippen molar-refractivity contribution in [1.82, 2.24) is 0 Å². The zero-order chi connectivity index (χ0) is 11.3. The molecule has 1 rings (SSSR count). The maximum atomic E-state index is 11.8. The second-order valence-corrected chi connectivity index (χ2v) is 5.16. The van der Waals surface area contributed by atoms with Gasteiger partial charge in [-0.3, -0.25) is 4.79 Å². The number of halogens is 1. The van der Waals surface area contributed by atoms with Gasteiger partial charge in [-0.15, -0.1) is 11.3 Å². The fourth-order valence-corrected chi connectivity index (χ4v) is 2.50. The van der Waals surface area contributed by atoms with Gasteiger partial charge in [0.25, 0.3) is 0 Å². The molecule has 1 heterocycles. The molecule has 1 aromatic rings. The number of ether oxygens (including phenoxy) is 1. The highest BCUT2D eigenvalue weighted by Gasteiger charge is 2.17. The number of Topliss-reactive ketones (excluding diaryl/α,β-unsaturated/α-hetero) is 1. The van der Waals surface area contributed by atoms with Gasteiger partial charge >= 0.3 is 0 Å². The van der Waals surface area contributed by atoms with E-state index in [9.17, 15) is 4.79 Å². The Morgan fingerprint density at radius 3 is 2.80 bits per heavy atom. The Morgan fingerprint density at radius 1 is 1.60 bits per heavy atom. The van der Waals surface area contributed by atoms with E-state index in [0.717, 1.165) is 22.1 Å². The quantitative estimate of drug-likeness (QED) is 0.770. The molecule has 15 heavy (non-hydrogen) atoms. The molecule has 1 unspecified atom stereocenters. The number of hydrogen-bond acceptors (Lipinski definition) is 3. The van der Waals surface area contributed by atoms with Crippen LogP contribution >= 0.6 is 22.9 Å². The van der Waals surface area contributed by atoms with Crippen molar-refractivity contribution in [2.24, 2.45) is 0 Å². The lowest BCUT2D eigenvalue weighted by molar-refractivity contribution is -0.128. The summed E-state index contributed by atoms with van der Waals surface area (Å²) in [5.41, 5.74) is 0. The second kappa shape index (κ2) is 6.26. The van der Waals surface area contributed by atoms with Crippen molar-refractivity contribution in [1.29, 1.82) is 0 Å². The molecule has 0 fully saturated rings. The van der Waals surface area contributed by atoms with E-state index in [-0.39, 0.29) is 11.9 Å². The Bertz CT molecular complexity index is 322. The van der Waals surface area contributed by atoms with Crippen LogP contribution in [0.4, 0.5) is 0 Å². The SMILES string of the molecule is CCCC(OC)C(=O)Cc1ccc(Cl)s1. The molecule has 0 aliphatic rings. The van der Waals surface area contributed by atoms with Gasteiger partial charge in [-0.25, -0.2) is 0 Å². The molecule has 84 valence electrons. The average molecular weight is 247 g/mol. The highest BCUT2D eigenvalue weighted by atomic mass is 35.5. The third-order valence-electron chi connectivity index (χ3n) is 2.17. The standard InChI is InChI=1S/C11H15ClO2S/c1-3-4-10(14-2)9(13)7-8-5-6-11(12)15-8/h5-6,10H,3-4,7H2,1-2H3. The molecule has 0 amide bonds. The number of carbonyl (C=O) groups excluding carboxylic acids is 1. The van der Waals surface area contributed by atoms with E-state index in [4.69, 9.17) is 16.3 Å². The Morgan fingerprint density at radius 2 is 2.33 bits per heavy atom. The largest absolute Gasteiger partial charge is 0.374 e. The lowest BCUT2D eigenvalue weighted by Gasteiger charge is -2.11. The minimum Gasteiger partial charge on any atom is -0.374 e. The molecule has 0 bridgehead atoms. The van der Waals surface area contributed by atoms with Crippen LogP contribution in [0.25, 0.3) is 0 Å². The summed E-state index contributed by atoms with van der Waals surface area (Å²) < 4.78 is 5.88. The molecule has 0 spiro atoms. The third-order valence-corrected chi connectivity index (χ3v) is 3.40. The molecule has 0 radical (unpaired) electrons. The van der Waals surface area contributed by atoms with Gasteiger partial charge in [0.05, 0.1) is 4.34 Å². The highest BCUT2D eigenvalue weighted by Crippen LogP contribution is 2.22. The number of hydrogen-bond donors (Lipinski definition) is 0. The van der Waals surface area contributed by atoms with Gasteiger partial charge in [-0.2, -0.15) is 0 Å². The molecule has 1 atom stereocenters. The van der Waals surface area contributed by atoms with Gasteiger partial charge in [0.2, 0.25) is 0 Å². The minimum atomic E-state index is -0.268. The first-order chi connectivity index (χ1) is 7.17. The van der Waals surface area contributed by atoms with Gasteiger partial charge in [0, 0.05) is 18.4 Å². The summed E-state index contributed by atoms with van der Waals surface area (Å²) in [6.07, 6.45) is 1.90. The molecular formula is C11H15ClO2S. The predicted octanol–water partition coefficient (Wildman–Crippen LogP) is 3.33. The van der Waals surface area contributed by atoms with Crippen molar-refractivity contribution in [2.45, 2.75) is 32.3 Å². The van der Waals surface area contributed by atoms with Crippen LogP contribution in [0.5, 0.6) is 0 Å². The molecule has 0 N–H and O–H groups in total. The summed E-state index contributed by atoms with van der Waals surface area (Å²) in [4.78, 5) is 12.8. The van der Waals surface area contributed by atoms with Crippen molar-refractivity contribution in [3.63, 3.8) is 0 Å². The highest BCUT2D eigenvalue weighted by molar-refractivity contribution is 7.16. The molecular weight excluding hydrogens is 232 g/mol. The van der Waals surface area contributed by atoms with Crippen LogP contribution in [-0.2, 0) is 16.0 Å². The number of carbonyl (C=O) groups is 1. The summed E-state index contributed by atoms with van der Waals surface area (Å²) in [5.74, 6) is 0.137. The fourth-order valence-electron chi connectivity index (χ4n) is 1.40. The Balaban J connectivity index is 2.53. The van der Waals surface area contributed by atoms with Crippen molar-refractivity contribution in [2.75, 3.05) is 7.11 Å². The van der Waals surface area contributed by atoms with Crippen LogP contribution < -0.4 is 0 Å². The molecule has 0 aromatic carbocycles. The molecule has 2 nitrogen and oxygen atoms in total. The third kappa shape index (κ3) is 3.93. The van der Waals surface area contributed by atoms with E-state index in [1.165, 1.54) is 11.3 Å². The smallest absolute Gasteiger partial charge is 0.166 e. The minimum absolute atomic E-state index is 0.137. The summed E-state index contributed by atoms with van der Waals surface area (Å²) in [6, 6.07) is 3.71. The Hall–Kier alpha value is -0.380. The van der Waals surface area contributed by atoms with Gasteiger partial charge in [0.15, 0.2) is 5.78 Å². The predicted molar refractivity (Wildman–Crippen MR) is 63.7 cm³/mol. The zero-order valence-corrected chi connectivity index (χ0v) is 10.5. The summed E-state index contributed by atoms with van der Waals surface area (Å²) in [5, 5.41) is 0. The van der Waals surface area contributed by atoms with E-state index in [1.807, 2.05) is 19.1 Å². The topological polar surface area (TPSA) is 26.3 Å². The van der Waals surface area contributed by atoms with Crippen LogP contribution in [0.15, 0.2) is 12.1 Å². The van der Waals surface area contributed by atoms with Gasteiger partial charge < -0.3 is 4.74 Å². The van der Waals surface area contributed by atoms with Crippen LogP contribution in [0.2, 0.25) is 4.34 Å². The van der Waals surface area contributed by atoms with E-state index < -0.39 is 0 Å². The van der Waals surface area contributed by atoms with Crippen molar-refractivity contribution in [3.8, 4) is 0 Å². The average Bonchev–Trinajstić information content (AvgIpc) is 2.60. The number of thiophene rings is 1. The first-order valence-electron chi connectivity index (χ1n) is 4.97. The summed E-state index contributed by atoms with van der Waals surface area (Å²) >= 11 is 7.25. The molecule has 0 saturated heterocycles. The number of rotatable bonds is 6. The van der Waals surface area contributed by atoms with Crippen LogP contribution in [-0.4, -0.2) is 19.0 Å². The first kappa shape index (κ1) is 12.7. The number of methoxy groups -OCH3 is 1. The van der Waals surface area contributed by atoms with Gasteiger partial charge in [0.1, 0.15) is 6.10 Å².